The van der Waals surface area contributed by atoms with E-state index < -0.39 is 4.92 Å². The molecule has 0 bridgehead atoms. The highest BCUT2D eigenvalue weighted by Crippen LogP contribution is 2.35. The number of piperidine rings is 1. The van der Waals surface area contributed by atoms with Gasteiger partial charge in [-0.05, 0) is 54.2 Å². The molecule has 166 valence electrons. The number of non-ortho nitro benzene ring substituents is 1. The van der Waals surface area contributed by atoms with Crippen molar-refractivity contribution in [2.24, 2.45) is 5.92 Å². The van der Waals surface area contributed by atoms with Crippen LogP contribution in [0.5, 0.6) is 5.75 Å². The van der Waals surface area contributed by atoms with Crippen LogP contribution in [0.25, 0.3) is 5.57 Å². The fraction of sp³-hybridized carbons (Fsp3) is 0.333. The van der Waals surface area contributed by atoms with E-state index in [9.17, 15) is 19.7 Å². The zero-order chi connectivity index (χ0) is 22.8. The number of nitrogens with zero attached hydrogens (tertiary/aromatic N) is 3. The molecule has 1 saturated heterocycles. The maximum absolute atomic E-state index is 13.5. The highest BCUT2D eigenvalue weighted by atomic mass is 16.6. The van der Waals surface area contributed by atoms with Crippen molar-refractivity contribution in [3.63, 3.8) is 0 Å². The summed E-state index contributed by atoms with van der Waals surface area (Å²) in [5, 5.41) is 11.0. The standard InChI is InChI=1S/C24H25N3O5/c1-16-4-3-13-25(14-16)22-21(18-7-9-19(10-8-18)27(30)31)23(28)26(24(22)29)15-17-5-11-20(32-2)12-6-17/h5-12,16H,3-4,13-15H2,1-2H3. The zero-order valence-electron chi connectivity index (χ0n) is 18.1. The quantitative estimate of drug-likeness (QED) is 0.391. The van der Waals surface area contributed by atoms with E-state index in [0.29, 0.717) is 41.6 Å². The molecule has 8 nitrogen and oxygen atoms in total. The van der Waals surface area contributed by atoms with E-state index in [4.69, 9.17) is 4.74 Å². The van der Waals surface area contributed by atoms with Crippen molar-refractivity contribution in [1.29, 1.82) is 0 Å². The summed E-state index contributed by atoms with van der Waals surface area (Å²) >= 11 is 0. The molecule has 4 rings (SSSR count). The normalized spacial score (nSPS) is 19.0. The molecular formula is C24H25N3O5. The maximum Gasteiger partial charge on any atom is 0.278 e. The summed E-state index contributed by atoms with van der Waals surface area (Å²) in [5.41, 5.74) is 1.97. The number of methoxy groups -OCH3 is 1. The van der Waals surface area contributed by atoms with Gasteiger partial charge < -0.3 is 9.64 Å². The van der Waals surface area contributed by atoms with Gasteiger partial charge in [-0.25, -0.2) is 0 Å². The Bertz CT molecular complexity index is 1080. The Kier molecular flexibility index (Phi) is 5.94. The fourth-order valence-electron chi connectivity index (χ4n) is 4.32. The number of benzene rings is 2. The van der Waals surface area contributed by atoms with Crippen LogP contribution in [0.2, 0.25) is 0 Å². The van der Waals surface area contributed by atoms with Crippen molar-refractivity contribution >= 4 is 23.1 Å². The molecule has 1 atom stereocenters. The highest BCUT2D eigenvalue weighted by Gasteiger charge is 2.42. The van der Waals surface area contributed by atoms with Crippen molar-refractivity contribution < 1.29 is 19.2 Å². The predicted octanol–water partition coefficient (Wildman–Crippen LogP) is 3.62. The monoisotopic (exact) mass is 435 g/mol. The third-order valence-corrected chi connectivity index (χ3v) is 5.98. The number of nitro benzene ring substituents is 1. The SMILES string of the molecule is COc1ccc(CN2C(=O)C(c3ccc([N+](=O)[O-])cc3)=C(N3CCCC(C)C3)C2=O)cc1. The number of carbonyl (C=O) groups excluding carboxylic acids is 2. The van der Waals surface area contributed by atoms with Crippen molar-refractivity contribution in [2.75, 3.05) is 20.2 Å². The Morgan fingerprint density at radius 1 is 1.06 bits per heavy atom. The van der Waals surface area contributed by atoms with E-state index in [2.05, 4.69) is 6.92 Å². The lowest BCUT2D eigenvalue weighted by Crippen LogP contribution is -2.39. The van der Waals surface area contributed by atoms with E-state index in [1.165, 1.54) is 17.0 Å². The van der Waals surface area contributed by atoms with Crippen molar-refractivity contribution in [1.82, 2.24) is 9.80 Å². The predicted molar refractivity (Wildman–Crippen MR) is 119 cm³/mol. The second-order valence-corrected chi connectivity index (χ2v) is 8.27. The summed E-state index contributed by atoms with van der Waals surface area (Å²) in [7, 11) is 1.58. The largest absolute Gasteiger partial charge is 0.497 e. The zero-order valence-corrected chi connectivity index (χ0v) is 18.1. The van der Waals surface area contributed by atoms with Crippen LogP contribution in [-0.2, 0) is 16.1 Å². The van der Waals surface area contributed by atoms with Gasteiger partial charge >= 0.3 is 0 Å². The molecule has 1 fully saturated rings. The molecule has 0 N–H and O–H groups in total. The minimum atomic E-state index is -0.483. The van der Waals surface area contributed by atoms with Gasteiger partial charge in [-0.3, -0.25) is 24.6 Å². The average molecular weight is 435 g/mol. The molecule has 32 heavy (non-hydrogen) atoms. The second-order valence-electron chi connectivity index (χ2n) is 8.27. The first-order valence-electron chi connectivity index (χ1n) is 10.6. The van der Waals surface area contributed by atoms with Crippen LogP contribution >= 0.6 is 0 Å². The smallest absolute Gasteiger partial charge is 0.278 e. The van der Waals surface area contributed by atoms with Crippen molar-refractivity contribution in [3.05, 3.63) is 75.5 Å². The van der Waals surface area contributed by atoms with Gasteiger partial charge in [0.2, 0.25) is 0 Å². The summed E-state index contributed by atoms with van der Waals surface area (Å²) in [6, 6.07) is 13.0. The molecule has 0 aromatic heterocycles. The van der Waals surface area contributed by atoms with Gasteiger partial charge in [0.25, 0.3) is 17.5 Å². The maximum atomic E-state index is 13.5. The van der Waals surface area contributed by atoms with Crippen LogP contribution in [-0.4, -0.2) is 46.7 Å². The van der Waals surface area contributed by atoms with E-state index >= 15 is 0 Å². The van der Waals surface area contributed by atoms with Crippen LogP contribution < -0.4 is 4.74 Å². The van der Waals surface area contributed by atoms with Crippen LogP contribution in [0.15, 0.2) is 54.2 Å². The van der Waals surface area contributed by atoms with Crippen LogP contribution in [0, 0.1) is 16.0 Å². The molecule has 8 heteroatoms. The number of ether oxygens (including phenoxy) is 1. The lowest BCUT2D eigenvalue weighted by atomic mass is 9.97. The molecule has 0 saturated carbocycles. The van der Waals surface area contributed by atoms with Crippen molar-refractivity contribution in [2.45, 2.75) is 26.3 Å². The molecule has 2 aliphatic heterocycles. The molecule has 0 radical (unpaired) electrons. The summed E-state index contributed by atoms with van der Waals surface area (Å²) in [4.78, 5) is 40.8. The number of imide groups is 1. The van der Waals surface area contributed by atoms with Crippen molar-refractivity contribution in [3.8, 4) is 5.75 Å². The number of amides is 2. The first-order valence-corrected chi connectivity index (χ1v) is 10.6. The highest BCUT2D eigenvalue weighted by molar-refractivity contribution is 6.35. The lowest BCUT2D eigenvalue weighted by molar-refractivity contribution is -0.384. The number of hydrogen-bond acceptors (Lipinski definition) is 6. The first-order chi connectivity index (χ1) is 15.4. The molecule has 2 aromatic carbocycles. The Morgan fingerprint density at radius 2 is 1.75 bits per heavy atom. The molecule has 2 heterocycles. The number of likely N-dealkylation sites (tertiary alicyclic amines) is 1. The van der Waals surface area contributed by atoms with E-state index in [1.807, 2.05) is 17.0 Å². The van der Waals surface area contributed by atoms with Gasteiger partial charge in [0.15, 0.2) is 0 Å². The van der Waals surface area contributed by atoms with E-state index in [0.717, 1.165) is 18.4 Å². The van der Waals surface area contributed by atoms with Gasteiger partial charge in [-0.2, -0.15) is 0 Å². The van der Waals surface area contributed by atoms with E-state index in [1.54, 1.807) is 31.4 Å². The number of nitro groups is 1. The van der Waals surface area contributed by atoms with Gasteiger partial charge in [-0.15, -0.1) is 0 Å². The summed E-state index contributed by atoms with van der Waals surface area (Å²) < 4.78 is 5.18. The molecule has 2 aliphatic rings. The summed E-state index contributed by atoms with van der Waals surface area (Å²) in [6.07, 6.45) is 2.02. The van der Waals surface area contributed by atoms with Crippen LogP contribution in [0.4, 0.5) is 5.69 Å². The Hall–Kier alpha value is -3.68. The summed E-state index contributed by atoms with van der Waals surface area (Å²) in [6.45, 7) is 3.67. The second kappa shape index (κ2) is 8.82. The van der Waals surface area contributed by atoms with E-state index in [-0.39, 0.29) is 24.0 Å². The summed E-state index contributed by atoms with van der Waals surface area (Å²) in [5.74, 6) is 0.398. The third kappa shape index (κ3) is 4.08. The molecule has 2 aromatic rings. The first kappa shape index (κ1) is 21.5. The minimum absolute atomic E-state index is 0.0608. The topological polar surface area (TPSA) is 93.0 Å². The van der Waals surface area contributed by atoms with Gasteiger partial charge in [0, 0.05) is 25.2 Å². The van der Waals surface area contributed by atoms with Gasteiger partial charge in [0.1, 0.15) is 11.4 Å². The number of hydrogen-bond donors (Lipinski definition) is 0. The molecule has 0 aliphatic carbocycles. The number of carbonyl (C=O) groups is 2. The minimum Gasteiger partial charge on any atom is -0.497 e. The number of rotatable bonds is 6. The van der Waals surface area contributed by atoms with Crippen LogP contribution in [0.1, 0.15) is 30.9 Å². The molecule has 2 amide bonds. The Labute approximate surface area is 186 Å². The third-order valence-electron chi connectivity index (χ3n) is 5.98. The molecule has 1 unspecified atom stereocenters. The van der Waals surface area contributed by atoms with Gasteiger partial charge in [0.05, 0.1) is 24.2 Å². The average Bonchev–Trinajstić information content (AvgIpc) is 3.04. The fourth-order valence-corrected chi connectivity index (χ4v) is 4.32. The Balaban J connectivity index is 1.71. The van der Waals surface area contributed by atoms with Gasteiger partial charge in [-0.1, -0.05) is 19.1 Å². The molecular weight excluding hydrogens is 410 g/mol. The molecule has 0 spiro atoms. The van der Waals surface area contributed by atoms with Crippen LogP contribution in [0.3, 0.4) is 0 Å². The Morgan fingerprint density at radius 3 is 2.34 bits per heavy atom. The lowest BCUT2D eigenvalue weighted by Gasteiger charge is -2.33.